The molecule has 0 aliphatic heterocycles. The van der Waals surface area contributed by atoms with E-state index in [2.05, 4.69) is 16.4 Å². The van der Waals surface area contributed by atoms with Crippen molar-refractivity contribution in [2.75, 3.05) is 5.32 Å². The van der Waals surface area contributed by atoms with Crippen LogP contribution in [-0.2, 0) is 12.8 Å². The number of benzene rings is 1. The first-order chi connectivity index (χ1) is 9.76. The quantitative estimate of drug-likeness (QED) is 0.905. The first-order valence-electron chi connectivity index (χ1n) is 6.56. The predicted molar refractivity (Wildman–Crippen MR) is 75.4 cm³/mol. The Balaban J connectivity index is 1.80. The highest BCUT2D eigenvalue weighted by Crippen LogP contribution is 2.25. The second-order valence-corrected chi connectivity index (χ2v) is 4.81. The number of rotatable bonds is 2. The fourth-order valence-corrected chi connectivity index (χ4v) is 2.47. The molecule has 1 aromatic heterocycles. The minimum atomic E-state index is -0.292. The largest absolute Gasteiger partial charge is 0.321 e. The number of hydrogen-bond donors (Lipinski definition) is 1. The Labute approximate surface area is 117 Å². The number of nitriles is 1. The molecule has 3 rings (SSSR count). The Morgan fingerprint density at radius 3 is 2.90 bits per heavy atom. The summed E-state index contributed by atoms with van der Waals surface area (Å²) in [6, 6.07) is 12.8. The molecule has 1 aliphatic carbocycles. The summed E-state index contributed by atoms with van der Waals surface area (Å²) in [7, 11) is 0. The Morgan fingerprint density at radius 1 is 1.20 bits per heavy atom. The number of aryl methyl sites for hydroxylation is 2. The number of fused-ring (bicyclic) bond motifs is 1. The molecule has 1 aliphatic rings. The summed E-state index contributed by atoms with van der Waals surface area (Å²) in [5.41, 5.74) is 3.95. The molecule has 0 bridgehead atoms. The molecule has 0 unspecified atom stereocenters. The van der Waals surface area contributed by atoms with Crippen LogP contribution in [0.3, 0.4) is 0 Å². The zero-order chi connectivity index (χ0) is 13.9. The van der Waals surface area contributed by atoms with Crippen LogP contribution in [0.2, 0.25) is 0 Å². The lowest BCUT2D eigenvalue weighted by Crippen LogP contribution is -2.14. The number of nitrogens with zero attached hydrogens (tertiary/aromatic N) is 2. The van der Waals surface area contributed by atoms with E-state index in [1.807, 2.05) is 18.2 Å². The van der Waals surface area contributed by atoms with E-state index < -0.39 is 0 Å². The minimum Gasteiger partial charge on any atom is -0.321 e. The molecule has 1 amide bonds. The summed E-state index contributed by atoms with van der Waals surface area (Å²) < 4.78 is 0. The van der Waals surface area contributed by atoms with Crippen molar-refractivity contribution in [3.05, 3.63) is 58.9 Å². The van der Waals surface area contributed by atoms with E-state index in [9.17, 15) is 4.79 Å². The molecule has 0 spiro atoms. The van der Waals surface area contributed by atoms with Gasteiger partial charge in [0.1, 0.15) is 17.5 Å². The third-order valence-electron chi connectivity index (χ3n) is 3.45. The minimum absolute atomic E-state index is 0.242. The molecule has 1 N–H and O–H groups in total. The molecule has 1 heterocycles. The van der Waals surface area contributed by atoms with Crippen molar-refractivity contribution < 1.29 is 4.79 Å². The highest BCUT2D eigenvalue weighted by Gasteiger charge is 2.13. The normalized spacial score (nSPS) is 12.6. The Morgan fingerprint density at radius 2 is 2.05 bits per heavy atom. The van der Waals surface area contributed by atoms with E-state index in [1.165, 1.54) is 17.5 Å². The standard InChI is InChI=1S/C16H13N3O/c17-10-14-5-2-6-15(18-14)16(20)19-13-8-7-11-3-1-4-12(11)9-13/h2,5-9H,1,3-4H2,(H,19,20). The van der Waals surface area contributed by atoms with Gasteiger partial charge in [0, 0.05) is 5.69 Å². The third-order valence-corrected chi connectivity index (χ3v) is 3.45. The number of amides is 1. The van der Waals surface area contributed by atoms with E-state index >= 15 is 0 Å². The Hall–Kier alpha value is -2.67. The van der Waals surface area contributed by atoms with E-state index in [4.69, 9.17) is 5.26 Å². The number of hydrogen-bond acceptors (Lipinski definition) is 3. The lowest BCUT2D eigenvalue weighted by molar-refractivity contribution is 0.102. The molecule has 20 heavy (non-hydrogen) atoms. The van der Waals surface area contributed by atoms with E-state index in [1.54, 1.807) is 18.2 Å². The molecule has 98 valence electrons. The number of pyridine rings is 1. The van der Waals surface area contributed by atoms with Gasteiger partial charge in [-0.3, -0.25) is 4.79 Å². The molecule has 0 fully saturated rings. The van der Waals surface area contributed by atoms with Crippen LogP contribution in [0.15, 0.2) is 36.4 Å². The van der Waals surface area contributed by atoms with Crippen LogP contribution in [0.25, 0.3) is 0 Å². The van der Waals surface area contributed by atoms with Gasteiger partial charge in [-0.25, -0.2) is 4.98 Å². The van der Waals surface area contributed by atoms with Crippen LogP contribution >= 0.6 is 0 Å². The van der Waals surface area contributed by atoms with E-state index in [0.29, 0.717) is 0 Å². The van der Waals surface area contributed by atoms with E-state index in [-0.39, 0.29) is 17.3 Å². The number of carbonyl (C=O) groups is 1. The van der Waals surface area contributed by atoms with Crippen molar-refractivity contribution in [3.63, 3.8) is 0 Å². The van der Waals surface area contributed by atoms with Gasteiger partial charge in [0.25, 0.3) is 5.91 Å². The van der Waals surface area contributed by atoms with Crippen molar-refractivity contribution in [3.8, 4) is 6.07 Å². The first-order valence-corrected chi connectivity index (χ1v) is 6.56. The number of nitrogens with one attached hydrogen (secondary N) is 1. The van der Waals surface area contributed by atoms with E-state index in [0.717, 1.165) is 18.5 Å². The number of aromatic nitrogens is 1. The average Bonchev–Trinajstić information content (AvgIpc) is 2.95. The Kier molecular flexibility index (Phi) is 3.18. The van der Waals surface area contributed by atoms with Gasteiger partial charge in [0.15, 0.2) is 0 Å². The molecule has 4 heteroatoms. The second kappa shape index (κ2) is 5.14. The molecule has 0 atom stereocenters. The van der Waals surface area contributed by atoms with Crippen LogP contribution in [0.5, 0.6) is 0 Å². The van der Waals surface area contributed by atoms with Gasteiger partial charge >= 0.3 is 0 Å². The van der Waals surface area contributed by atoms with Gasteiger partial charge in [-0.1, -0.05) is 12.1 Å². The maximum Gasteiger partial charge on any atom is 0.274 e. The highest BCUT2D eigenvalue weighted by molar-refractivity contribution is 6.02. The number of carbonyl (C=O) groups excluding carboxylic acids is 1. The maximum absolute atomic E-state index is 12.1. The van der Waals surface area contributed by atoms with Gasteiger partial charge in [-0.05, 0) is 54.7 Å². The monoisotopic (exact) mass is 263 g/mol. The van der Waals surface area contributed by atoms with Crippen molar-refractivity contribution >= 4 is 11.6 Å². The molecule has 0 saturated carbocycles. The zero-order valence-corrected chi connectivity index (χ0v) is 10.9. The van der Waals surface area contributed by atoms with Gasteiger partial charge in [-0.15, -0.1) is 0 Å². The van der Waals surface area contributed by atoms with Gasteiger partial charge in [-0.2, -0.15) is 5.26 Å². The SMILES string of the molecule is N#Cc1cccc(C(=O)Nc2ccc3c(c2)CCC3)n1. The summed E-state index contributed by atoms with van der Waals surface area (Å²) in [6.45, 7) is 0. The van der Waals surface area contributed by atoms with Crippen molar-refractivity contribution in [2.24, 2.45) is 0 Å². The highest BCUT2D eigenvalue weighted by atomic mass is 16.1. The van der Waals surface area contributed by atoms with Crippen LogP contribution in [-0.4, -0.2) is 10.9 Å². The summed E-state index contributed by atoms with van der Waals surface area (Å²) in [4.78, 5) is 16.1. The second-order valence-electron chi connectivity index (χ2n) is 4.81. The molecule has 2 aromatic rings. The molecular weight excluding hydrogens is 250 g/mol. The van der Waals surface area contributed by atoms with Crippen molar-refractivity contribution in [1.82, 2.24) is 4.98 Å². The first kappa shape index (κ1) is 12.4. The molecule has 0 radical (unpaired) electrons. The lowest BCUT2D eigenvalue weighted by Gasteiger charge is -2.07. The van der Waals surface area contributed by atoms with Crippen LogP contribution in [0.4, 0.5) is 5.69 Å². The topological polar surface area (TPSA) is 65.8 Å². The summed E-state index contributed by atoms with van der Waals surface area (Å²) in [6.07, 6.45) is 3.37. The fourth-order valence-electron chi connectivity index (χ4n) is 2.47. The van der Waals surface area contributed by atoms with Gasteiger partial charge < -0.3 is 5.32 Å². The van der Waals surface area contributed by atoms with Crippen LogP contribution < -0.4 is 5.32 Å². The van der Waals surface area contributed by atoms with Crippen LogP contribution in [0.1, 0.15) is 33.7 Å². The number of anilines is 1. The van der Waals surface area contributed by atoms with Gasteiger partial charge in [0.05, 0.1) is 0 Å². The summed E-state index contributed by atoms with van der Waals surface area (Å²) in [5.74, 6) is -0.292. The summed E-state index contributed by atoms with van der Waals surface area (Å²) >= 11 is 0. The summed E-state index contributed by atoms with van der Waals surface area (Å²) in [5, 5.41) is 11.6. The van der Waals surface area contributed by atoms with Crippen molar-refractivity contribution in [1.29, 1.82) is 5.26 Å². The fraction of sp³-hybridized carbons (Fsp3) is 0.188. The molecule has 4 nitrogen and oxygen atoms in total. The van der Waals surface area contributed by atoms with Crippen LogP contribution in [0, 0.1) is 11.3 Å². The van der Waals surface area contributed by atoms with Crippen molar-refractivity contribution in [2.45, 2.75) is 19.3 Å². The van der Waals surface area contributed by atoms with Gasteiger partial charge in [0.2, 0.25) is 0 Å². The lowest BCUT2D eigenvalue weighted by atomic mass is 10.1. The molecular formula is C16H13N3O. The smallest absolute Gasteiger partial charge is 0.274 e. The zero-order valence-electron chi connectivity index (χ0n) is 10.9. The average molecular weight is 263 g/mol. The Bertz CT molecular complexity index is 716. The maximum atomic E-state index is 12.1. The third kappa shape index (κ3) is 2.39. The molecule has 1 aromatic carbocycles. The molecule has 0 saturated heterocycles. The predicted octanol–water partition coefficient (Wildman–Crippen LogP) is 2.69.